The molecule has 2 atom stereocenters. The van der Waals surface area contributed by atoms with Crippen LogP contribution in [0.5, 0.6) is 0 Å². The number of nitrogen functional groups attached to an aromatic ring is 1. The van der Waals surface area contributed by atoms with Crippen LogP contribution in [-0.2, 0) is 0 Å². The van der Waals surface area contributed by atoms with Gasteiger partial charge in [-0.05, 0) is 24.3 Å². The summed E-state index contributed by atoms with van der Waals surface area (Å²) < 4.78 is 0. The Labute approximate surface area is 106 Å². The van der Waals surface area contributed by atoms with Crippen LogP contribution >= 0.6 is 11.6 Å². The fourth-order valence-electron chi connectivity index (χ4n) is 1.91. The lowest BCUT2D eigenvalue weighted by atomic mass is 10.2. The number of nitrogens with zero attached hydrogens (tertiary/aromatic N) is 2. The molecule has 0 radical (unpaired) electrons. The van der Waals surface area contributed by atoms with Crippen LogP contribution in [0.1, 0.15) is 23.7 Å². The van der Waals surface area contributed by atoms with Crippen molar-refractivity contribution < 1.29 is 4.79 Å². The van der Waals surface area contributed by atoms with E-state index in [0.29, 0.717) is 22.3 Å². The second kappa shape index (κ2) is 4.53. The average molecular weight is 254 g/mol. The maximum absolute atomic E-state index is 12.1. The second-order valence-electron chi connectivity index (χ2n) is 4.75. The summed E-state index contributed by atoms with van der Waals surface area (Å²) in [4.78, 5) is 17.7. The third-order valence-corrected chi connectivity index (χ3v) is 3.54. The monoisotopic (exact) mass is 253 g/mol. The molecule has 0 saturated heterocycles. The number of hydrogen-bond donors (Lipinski definition) is 1. The summed E-state index contributed by atoms with van der Waals surface area (Å²) in [6, 6.07) is 1.53. The van der Waals surface area contributed by atoms with E-state index in [0.717, 1.165) is 12.5 Å². The summed E-state index contributed by atoms with van der Waals surface area (Å²) in [5, 5.41) is 0.347. The number of amides is 1. The zero-order valence-electron chi connectivity index (χ0n) is 9.98. The van der Waals surface area contributed by atoms with Crippen molar-refractivity contribution in [3.8, 4) is 0 Å². The van der Waals surface area contributed by atoms with Gasteiger partial charge in [-0.2, -0.15) is 0 Å². The number of carbonyl (C=O) groups excluding carboxylic acids is 1. The fourth-order valence-corrected chi connectivity index (χ4v) is 2.10. The Hall–Kier alpha value is -1.29. The van der Waals surface area contributed by atoms with E-state index in [1.807, 2.05) is 0 Å². The Bertz CT molecular complexity index is 449. The van der Waals surface area contributed by atoms with Gasteiger partial charge in [-0.3, -0.25) is 4.79 Å². The summed E-state index contributed by atoms with van der Waals surface area (Å²) in [7, 11) is 1.79. The highest BCUT2D eigenvalue weighted by Gasteiger charge is 2.34. The molecule has 1 fully saturated rings. The van der Waals surface area contributed by atoms with Crippen LogP contribution in [0.4, 0.5) is 5.82 Å². The number of pyridine rings is 1. The van der Waals surface area contributed by atoms with Gasteiger partial charge in [-0.1, -0.05) is 18.5 Å². The minimum absolute atomic E-state index is 0.0943. The van der Waals surface area contributed by atoms with E-state index in [-0.39, 0.29) is 5.91 Å². The SMILES string of the molecule is CC1CC1CN(C)C(=O)c1cc(N)ncc1Cl. The number of nitrogens with two attached hydrogens (primary N) is 1. The summed E-state index contributed by atoms with van der Waals surface area (Å²) in [5.41, 5.74) is 5.99. The first-order valence-corrected chi connectivity index (χ1v) is 6.03. The van der Waals surface area contributed by atoms with Gasteiger partial charge in [0.25, 0.3) is 5.91 Å². The zero-order valence-corrected chi connectivity index (χ0v) is 10.7. The summed E-state index contributed by atoms with van der Waals surface area (Å²) in [6.45, 7) is 2.97. The number of aromatic nitrogens is 1. The van der Waals surface area contributed by atoms with Crippen molar-refractivity contribution in [3.05, 3.63) is 22.8 Å². The highest BCUT2D eigenvalue weighted by atomic mass is 35.5. The molecule has 5 heteroatoms. The lowest BCUT2D eigenvalue weighted by Crippen LogP contribution is -2.29. The number of halogens is 1. The number of rotatable bonds is 3. The third kappa shape index (κ3) is 2.69. The van der Waals surface area contributed by atoms with Gasteiger partial charge < -0.3 is 10.6 Å². The van der Waals surface area contributed by atoms with Crippen LogP contribution in [0.2, 0.25) is 5.02 Å². The van der Waals surface area contributed by atoms with Gasteiger partial charge in [0, 0.05) is 19.8 Å². The molecule has 0 spiro atoms. The number of anilines is 1. The van der Waals surface area contributed by atoms with Crippen LogP contribution < -0.4 is 5.73 Å². The molecule has 4 nitrogen and oxygen atoms in total. The van der Waals surface area contributed by atoms with Crippen LogP contribution in [0.3, 0.4) is 0 Å². The second-order valence-corrected chi connectivity index (χ2v) is 5.15. The standard InChI is InChI=1S/C12H16ClN3O/c1-7-3-8(7)6-16(2)12(17)9-4-11(14)15-5-10(9)13/h4-5,7-8H,3,6H2,1-2H3,(H2,14,15). The van der Waals surface area contributed by atoms with Crippen LogP contribution in [0.25, 0.3) is 0 Å². The molecule has 0 aliphatic heterocycles. The van der Waals surface area contributed by atoms with Crippen molar-refractivity contribution >= 4 is 23.3 Å². The molecule has 2 unspecified atom stereocenters. The van der Waals surface area contributed by atoms with Gasteiger partial charge >= 0.3 is 0 Å². The Morgan fingerprint density at radius 1 is 1.71 bits per heavy atom. The molecule has 1 aliphatic carbocycles. The molecule has 1 amide bonds. The van der Waals surface area contributed by atoms with Gasteiger partial charge in [0.1, 0.15) is 5.82 Å². The lowest BCUT2D eigenvalue weighted by Gasteiger charge is -2.17. The quantitative estimate of drug-likeness (QED) is 0.897. The van der Waals surface area contributed by atoms with E-state index >= 15 is 0 Å². The first-order valence-electron chi connectivity index (χ1n) is 5.65. The van der Waals surface area contributed by atoms with Crippen molar-refractivity contribution in [2.45, 2.75) is 13.3 Å². The van der Waals surface area contributed by atoms with E-state index in [9.17, 15) is 4.79 Å². The first kappa shape index (κ1) is 12.2. The van der Waals surface area contributed by atoms with Crippen molar-refractivity contribution in [2.75, 3.05) is 19.3 Å². The molecular formula is C12H16ClN3O. The number of carbonyl (C=O) groups is 1. The van der Waals surface area contributed by atoms with E-state index in [2.05, 4.69) is 11.9 Å². The largest absolute Gasteiger partial charge is 0.384 e. The minimum atomic E-state index is -0.0943. The Kier molecular flexibility index (Phi) is 3.24. The molecule has 1 saturated carbocycles. The van der Waals surface area contributed by atoms with Crippen molar-refractivity contribution in [1.29, 1.82) is 0 Å². The van der Waals surface area contributed by atoms with Crippen LogP contribution in [0, 0.1) is 11.8 Å². The van der Waals surface area contributed by atoms with E-state index in [4.69, 9.17) is 17.3 Å². The zero-order chi connectivity index (χ0) is 12.6. The highest BCUT2D eigenvalue weighted by Crippen LogP contribution is 2.38. The van der Waals surface area contributed by atoms with Gasteiger partial charge in [-0.25, -0.2) is 4.98 Å². The van der Waals surface area contributed by atoms with E-state index < -0.39 is 0 Å². The van der Waals surface area contributed by atoms with Crippen LogP contribution in [-0.4, -0.2) is 29.4 Å². The molecule has 92 valence electrons. The van der Waals surface area contributed by atoms with Crippen molar-refractivity contribution in [1.82, 2.24) is 9.88 Å². The van der Waals surface area contributed by atoms with Crippen LogP contribution in [0.15, 0.2) is 12.3 Å². The number of hydrogen-bond acceptors (Lipinski definition) is 3. The normalized spacial score (nSPS) is 22.3. The summed E-state index contributed by atoms with van der Waals surface area (Å²) in [5.74, 6) is 1.57. The average Bonchev–Trinajstić information content (AvgIpc) is 2.96. The topological polar surface area (TPSA) is 59.2 Å². The summed E-state index contributed by atoms with van der Waals surface area (Å²) >= 11 is 5.95. The molecule has 2 N–H and O–H groups in total. The Morgan fingerprint density at radius 3 is 2.94 bits per heavy atom. The first-order chi connectivity index (χ1) is 7.99. The molecule has 0 bridgehead atoms. The highest BCUT2D eigenvalue weighted by molar-refractivity contribution is 6.33. The van der Waals surface area contributed by atoms with E-state index in [1.54, 1.807) is 11.9 Å². The Balaban J connectivity index is 2.10. The maximum Gasteiger partial charge on any atom is 0.255 e. The molecule has 1 aliphatic rings. The van der Waals surface area contributed by atoms with Gasteiger partial charge in [-0.15, -0.1) is 0 Å². The minimum Gasteiger partial charge on any atom is -0.384 e. The van der Waals surface area contributed by atoms with Gasteiger partial charge in [0.05, 0.1) is 10.6 Å². The molecule has 0 aromatic carbocycles. The molecule has 1 aromatic rings. The third-order valence-electron chi connectivity index (χ3n) is 3.24. The van der Waals surface area contributed by atoms with Crippen molar-refractivity contribution in [3.63, 3.8) is 0 Å². The molecular weight excluding hydrogens is 238 g/mol. The fraction of sp³-hybridized carbons (Fsp3) is 0.500. The van der Waals surface area contributed by atoms with Gasteiger partial charge in [0.2, 0.25) is 0 Å². The van der Waals surface area contributed by atoms with E-state index in [1.165, 1.54) is 18.7 Å². The summed E-state index contributed by atoms with van der Waals surface area (Å²) in [6.07, 6.45) is 2.61. The lowest BCUT2D eigenvalue weighted by molar-refractivity contribution is 0.0787. The molecule has 1 aromatic heterocycles. The molecule has 1 heterocycles. The predicted octanol–water partition coefficient (Wildman–Crippen LogP) is 2.05. The van der Waals surface area contributed by atoms with Gasteiger partial charge in [0.15, 0.2) is 0 Å². The molecule has 2 rings (SSSR count). The molecule has 17 heavy (non-hydrogen) atoms. The smallest absolute Gasteiger partial charge is 0.255 e. The predicted molar refractivity (Wildman–Crippen MR) is 67.9 cm³/mol. The maximum atomic E-state index is 12.1. The Morgan fingerprint density at radius 2 is 2.35 bits per heavy atom. The van der Waals surface area contributed by atoms with Crippen molar-refractivity contribution in [2.24, 2.45) is 11.8 Å².